The van der Waals surface area contributed by atoms with Gasteiger partial charge in [0.05, 0.1) is 6.61 Å². The first-order valence-corrected chi connectivity index (χ1v) is 4.72. The molecular formula is C11H15NO3. The van der Waals surface area contributed by atoms with Gasteiger partial charge in [0.15, 0.2) is 0 Å². The van der Waals surface area contributed by atoms with E-state index < -0.39 is 0 Å². The van der Waals surface area contributed by atoms with Crippen molar-refractivity contribution in [1.82, 2.24) is 4.90 Å². The first-order chi connectivity index (χ1) is 7.06. The lowest BCUT2D eigenvalue weighted by molar-refractivity contribution is 0.0766. The molecule has 15 heavy (non-hydrogen) atoms. The fraction of sp³-hybridized carbons (Fsp3) is 0.364. The summed E-state index contributed by atoms with van der Waals surface area (Å²) in [7, 11) is 1.61. The van der Waals surface area contributed by atoms with Gasteiger partial charge in [-0.15, -0.1) is 0 Å². The highest BCUT2D eigenvalue weighted by molar-refractivity contribution is 5.94. The van der Waals surface area contributed by atoms with Gasteiger partial charge in [0, 0.05) is 19.2 Å². The number of aryl methyl sites for hydroxylation is 1. The van der Waals surface area contributed by atoms with Gasteiger partial charge in [0.2, 0.25) is 0 Å². The van der Waals surface area contributed by atoms with E-state index in [1.54, 1.807) is 26.1 Å². The Labute approximate surface area is 88.8 Å². The molecule has 0 heterocycles. The van der Waals surface area contributed by atoms with E-state index >= 15 is 0 Å². The number of benzene rings is 1. The largest absolute Gasteiger partial charge is 0.508 e. The van der Waals surface area contributed by atoms with Gasteiger partial charge in [0.1, 0.15) is 5.75 Å². The van der Waals surface area contributed by atoms with E-state index in [2.05, 4.69) is 0 Å². The molecule has 1 amide bonds. The van der Waals surface area contributed by atoms with Crippen LogP contribution in [-0.2, 0) is 0 Å². The second-order valence-electron chi connectivity index (χ2n) is 3.45. The molecule has 1 aromatic rings. The van der Waals surface area contributed by atoms with Crippen LogP contribution in [0.3, 0.4) is 0 Å². The second-order valence-corrected chi connectivity index (χ2v) is 3.45. The highest BCUT2D eigenvalue weighted by Crippen LogP contribution is 2.18. The Hall–Kier alpha value is -1.55. The van der Waals surface area contributed by atoms with Crippen LogP contribution in [0.25, 0.3) is 0 Å². The van der Waals surface area contributed by atoms with E-state index in [-0.39, 0.29) is 24.8 Å². The van der Waals surface area contributed by atoms with Crippen molar-refractivity contribution in [2.24, 2.45) is 0 Å². The average molecular weight is 209 g/mol. The molecule has 0 spiro atoms. The molecule has 82 valence electrons. The van der Waals surface area contributed by atoms with Gasteiger partial charge in [-0.3, -0.25) is 4.79 Å². The zero-order valence-corrected chi connectivity index (χ0v) is 8.90. The van der Waals surface area contributed by atoms with Crippen LogP contribution in [0, 0.1) is 6.92 Å². The van der Waals surface area contributed by atoms with E-state index in [0.29, 0.717) is 5.56 Å². The predicted octanol–water partition coefficient (Wildman–Crippen LogP) is 0.765. The van der Waals surface area contributed by atoms with E-state index in [9.17, 15) is 9.90 Å². The molecule has 0 saturated heterocycles. The molecule has 4 heteroatoms. The normalized spacial score (nSPS) is 10.1. The van der Waals surface area contributed by atoms with Gasteiger partial charge >= 0.3 is 0 Å². The maximum Gasteiger partial charge on any atom is 0.253 e. The minimum atomic E-state index is -0.209. The van der Waals surface area contributed by atoms with Crippen molar-refractivity contribution < 1.29 is 15.0 Å². The van der Waals surface area contributed by atoms with Gasteiger partial charge in [-0.05, 0) is 24.6 Å². The number of hydrogen-bond acceptors (Lipinski definition) is 3. The number of likely N-dealkylation sites (N-methyl/N-ethyl adjacent to an activating group) is 1. The van der Waals surface area contributed by atoms with Crippen molar-refractivity contribution in [3.63, 3.8) is 0 Å². The lowest BCUT2D eigenvalue weighted by atomic mass is 10.1. The molecule has 0 fully saturated rings. The number of phenols is 1. The minimum absolute atomic E-state index is 0.0694. The molecule has 2 N–H and O–H groups in total. The van der Waals surface area contributed by atoms with E-state index in [1.807, 2.05) is 0 Å². The number of aromatic hydroxyl groups is 1. The maximum atomic E-state index is 11.7. The number of nitrogens with zero attached hydrogens (tertiary/aromatic N) is 1. The van der Waals surface area contributed by atoms with E-state index in [4.69, 9.17) is 5.11 Å². The molecule has 0 atom stereocenters. The summed E-state index contributed by atoms with van der Waals surface area (Å²) in [5.41, 5.74) is 1.16. The van der Waals surface area contributed by atoms with Crippen LogP contribution >= 0.6 is 0 Å². The van der Waals surface area contributed by atoms with Gasteiger partial charge in [-0.25, -0.2) is 0 Å². The smallest absolute Gasteiger partial charge is 0.253 e. The molecule has 0 bridgehead atoms. The standard InChI is InChI=1S/C11H15NO3/c1-8-3-4-9(7-10(8)14)11(15)12(2)5-6-13/h3-4,7,13-14H,5-6H2,1-2H3. The summed E-state index contributed by atoms with van der Waals surface area (Å²) in [6, 6.07) is 4.78. The minimum Gasteiger partial charge on any atom is -0.508 e. The fourth-order valence-corrected chi connectivity index (χ4v) is 1.21. The Morgan fingerprint density at radius 1 is 1.47 bits per heavy atom. The molecule has 1 rings (SSSR count). The molecule has 0 unspecified atom stereocenters. The Bertz CT molecular complexity index is 363. The second kappa shape index (κ2) is 4.79. The quantitative estimate of drug-likeness (QED) is 0.772. The van der Waals surface area contributed by atoms with E-state index in [0.717, 1.165) is 5.56 Å². The third kappa shape index (κ3) is 2.70. The Morgan fingerprint density at radius 3 is 2.67 bits per heavy atom. The monoisotopic (exact) mass is 209 g/mol. The number of amides is 1. The first-order valence-electron chi connectivity index (χ1n) is 4.72. The zero-order chi connectivity index (χ0) is 11.4. The third-order valence-corrected chi connectivity index (χ3v) is 2.24. The highest BCUT2D eigenvalue weighted by atomic mass is 16.3. The number of hydrogen-bond donors (Lipinski definition) is 2. The van der Waals surface area contributed by atoms with Crippen molar-refractivity contribution in [1.29, 1.82) is 0 Å². The number of aliphatic hydroxyl groups is 1. The lowest BCUT2D eigenvalue weighted by Crippen LogP contribution is -2.29. The van der Waals surface area contributed by atoms with Crippen LogP contribution in [-0.4, -0.2) is 41.2 Å². The first kappa shape index (κ1) is 11.5. The number of rotatable bonds is 3. The molecular weight excluding hydrogens is 194 g/mol. The maximum absolute atomic E-state index is 11.7. The molecule has 0 aromatic heterocycles. The Balaban J connectivity index is 2.87. The zero-order valence-electron chi connectivity index (χ0n) is 8.90. The SMILES string of the molecule is Cc1ccc(C(=O)N(C)CCO)cc1O. The summed E-state index contributed by atoms with van der Waals surface area (Å²) >= 11 is 0. The summed E-state index contributed by atoms with van der Waals surface area (Å²) in [6.45, 7) is 1.98. The van der Waals surface area contributed by atoms with Crippen LogP contribution < -0.4 is 0 Å². The van der Waals surface area contributed by atoms with Crippen LogP contribution in [0.5, 0.6) is 5.75 Å². The van der Waals surface area contributed by atoms with Crippen molar-refractivity contribution in [2.75, 3.05) is 20.2 Å². The third-order valence-electron chi connectivity index (χ3n) is 2.24. The highest BCUT2D eigenvalue weighted by Gasteiger charge is 2.11. The van der Waals surface area contributed by atoms with Crippen LogP contribution in [0.4, 0.5) is 0 Å². The van der Waals surface area contributed by atoms with Gasteiger partial charge in [0.25, 0.3) is 5.91 Å². The number of phenolic OH excluding ortho intramolecular Hbond substituents is 1. The lowest BCUT2D eigenvalue weighted by Gasteiger charge is -2.15. The molecule has 0 aliphatic carbocycles. The van der Waals surface area contributed by atoms with Crippen LogP contribution in [0.15, 0.2) is 18.2 Å². The number of carbonyl (C=O) groups excluding carboxylic acids is 1. The fourth-order valence-electron chi connectivity index (χ4n) is 1.21. The molecule has 0 aliphatic heterocycles. The van der Waals surface area contributed by atoms with Crippen LogP contribution in [0.1, 0.15) is 15.9 Å². The number of aliphatic hydroxyl groups excluding tert-OH is 1. The van der Waals surface area contributed by atoms with Crippen LogP contribution in [0.2, 0.25) is 0 Å². The predicted molar refractivity (Wildman–Crippen MR) is 56.9 cm³/mol. The topological polar surface area (TPSA) is 60.8 Å². The molecule has 0 aliphatic rings. The van der Waals surface area contributed by atoms with E-state index in [1.165, 1.54) is 11.0 Å². The molecule has 0 saturated carbocycles. The average Bonchev–Trinajstić information content (AvgIpc) is 2.21. The summed E-state index contributed by atoms with van der Waals surface area (Å²) in [4.78, 5) is 13.1. The van der Waals surface area contributed by atoms with Crippen molar-refractivity contribution in [2.45, 2.75) is 6.92 Å². The summed E-state index contributed by atoms with van der Waals surface area (Å²) in [5, 5.41) is 18.1. The summed E-state index contributed by atoms with van der Waals surface area (Å²) < 4.78 is 0. The molecule has 4 nitrogen and oxygen atoms in total. The molecule has 0 radical (unpaired) electrons. The molecule has 1 aromatic carbocycles. The van der Waals surface area contributed by atoms with Gasteiger partial charge in [-0.1, -0.05) is 6.07 Å². The van der Waals surface area contributed by atoms with Crippen molar-refractivity contribution in [3.8, 4) is 5.75 Å². The van der Waals surface area contributed by atoms with Crippen molar-refractivity contribution >= 4 is 5.91 Å². The summed E-state index contributed by atoms with van der Waals surface area (Å²) in [6.07, 6.45) is 0. The Kier molecular flexibility index (Phi) is 3.68. The Morgan fingerprint density at radius 2 is 2.13 bits per heavy atom. The van der Waals surface area contributed by atoms with Gasteiger partial charge in [-0.2, -0.15) is 0 Å². The van der Waals surface area contributed by atoms with Gasteiger partial charge < -0.3 is 15.1 Å². The summed E-state index contributed by atoms with van der Waals surface area (Å²) in [5.74, 6) is -0.0994. The number of carbonyl (C=O) groups is 1. The van der Waals surface area contributed by atoms with Crippen molar-refractivity contribution in [3.05, 3.63) is 29.3 Å².